The SMILES string of the molecule is C=C[C@](C)(O[Si](C)(C)C(C)(C)C)[C@@H](CCCOC(=O)c1c(Cl)cc(Cl)cc1Cl)OC(=O)CC[C@@]1(C)O[C@@H]2[C@@H](O[Si](C(C)C)(C(C)C)C(C)C)C[C@@H](CCCO[Si](C(C)C)(C(C)C)C(C)C)O[C@@H]2C[C@@H]1O. The van der Waals surface area contributed by atoms with Crippen molar-refractivity contribution < 1.29 is 46.9 Å². The van der Waals surface area contributed by atoms with Gasteiger partial charge in [0, 0.05) is 30.9 Å². The first-order valence-corrected chi connectivity index (χ1v) is 34.7. The summed E-state index contributed by atoms with van der Waals surface area (Å²) in [4.78, 5) is 27.3. The lowest BCUT2D eigenvalue weighted by Gasteiger charge is -2.54. The molecule has 404 valence electrons. The third-order valence-corrected chi connectivity index (χ3v) is 34.1. The minimum Gasteiger partial charge on any atom is -0.462 e. The molecule has 3 rings (SSSR count). The average molecular weight is 1090 g/mol. The summed E-state index contributed by atoms with van der Waals surface area (Å²) in [6, 6.07) is 2.87. The van der Waals surface area contributed by atoms with Crippen LogP contribution in [0.1, 0.15) is 179 Å². The molecule has 10 nitrogen and oxygen atoms in total. The molecule has 1 aromatic carbocycles. The number of ether oxygens (including phenoxy) is 4. The van der Waals surface area contributed by atoms with Crippen molar-refractivity contribution in [3.8, 4) is 0 Å². The number of esters is 2. The van der Waals surface area contributed by atoms with Gasteiger partial charge >= 0.3 is 11.9 Å². The summed E-state index contributed by atoms with van der Waals surface area (Å²) >= 11 is 18.7. The van der Waals surface area contributed by atoms with Crippen LogP contribution in [0.2, 0.25) is 66.4 Å². The van der Waals surface area contributed by atoms with Crippen molar-refractivity contribution in [2.24, 2.45) is 0 Å². The second kappa shape index (κ2) is 25.8. The molecule has 0 amide bonds. The Hall–Kier alpha value is -0.819. The van der Waals surface area contributed by atoms with Crippen LogP contribution in [0.25, 0.3) is 0 Å². The van der Waals surface area contributed by atoms with E-state index in [4.69, 9.17) is 67.0 Å². The molecule has 0 saturated carbocycles. The van der Waals surface area contributed by atoms with Crippen LogP contribution in [-0.4, -0.2) is 103 Å². The van der Waals surface area contributed by atoms with Gasteiger partial charge in [0.2, 0.25) is 8.32 Å². The molecular weight excluding hydrogens is 999 g/mol. The van der Waals surface area contributed by atoms with Crippen LogP contribution in [-0.2, 0) is 37.0 Å². The summed E-state index contributed by atoms with van der Waals surface area (Å²) in [6.45, 7) is 47.1. The molecule has 2 saturated heterocycles. The Morgan fingerprint density at radius 3 is 1.86 bits per heavy atom. The first-order valence-electron chi connectivity index (χ1n) is 26.3. The lowest BCUT2D eigenvalue weighted by Crippen LogP contribution is -2.64. The molecule has 70 heavy (non-hydrogen) atoms. The van der Waals surface area contributed by atoms with Gasteiger partial charge in [-0.3, -0.25) is 4.79 Å². The van der Waals surface area contributed by atoms with Crippen molar-refractivity contribution in [3.05, 3.63) is 45.4 Å². The number of benzene rings is 1. The molecule has 0 bridgehead atoms. The standard InChI is InChI=1S/C54H95Cl3O10Si3/c1-21-53(17,67-68(19,20)52(14,15)16)47(25-23-28-61-51(60)49-42(56)30-40(55)31-43(49)57)64-48(59)26-27-54(18)46(58)33-44-50(65-54)45(66-70(37(8)9,38(10)11)39(12)13)32-41(63-44)24-22-29-62-69(34(2)3,35(4)5)36(6)7/h21,30-31,34-39,41,44-47,50,58H,1,22-29,32-33H2,2-20H3/t41-,44-,45+,46+,47-,50+,53+,54-/m1/s1. The van der Waals surface area contributed by atoms with E-state index in [1.165, 1.54) is 12.1 Å². The number of halogens is 3. The van der Waals surface area contributed by atoms with E-state index in [2.05, 4.69) is 124 Å². The molecule has 2 aliphatic heterocycles. The quantitative estimate of drug-likeness (QED) is 0.0416. The number of carbonyl (C=O) groups is 2. The fraction of sp³-hybridized carbons (Fsp3) is 0.815. The van der Waals surface area contributed by atoms with Crippen LogP contribution in [0.5, 0.6) is 0 Å². The van der Waals surface area contributed by atoms with Gasteiger partial charge in [0.1, 0.15) is 17.8 Å². The van der Waals surface area contributed by atoms with Crippen molar-refractivity contribution in [2.75, 3.05) is 13.2 Å². The smallest absolute Gasteiger partial charge is 0.341 e. The van der Waals surface area contributed by atoms with Crippen LogP contribution >= 0.6 is 34.8 Å². The van der Waals surface area contributed by atoms with E-state index >= 15 is 0 Å². The fourth-order valence-electron chi connectivity index (χ4n) is 11.7. The van der Waals surface area contributed by atoms with Gasteiger partial charge in [-0.05, 0) is 109 Å². The zero-order valence-corrected chi connectivity index (χ0v) is 52.0. The summed E-state index contributed by atoms with van der Waals surface area (Å²) < 4.78 is 47.5. The number of aliphatic hydroxyl groups excluding tert-OH is 1. The van der Waals surface area contributed by atoms with E-state index in [-0.39, 0.29) is 58.4 Å². The highest BCUT2D eigenvalue weighted by Gasteiger charge is 2.56. The molecule has 2 fully saturated rings. The van der Waals surface area contributed by atoms with Gasteiger partial charge in [-0.2, -0.15) is 0 Å². The van der Waals surface area contributed by atoms with E-state index < -0.39 is 66.4 Å². The third kappa shape index (κ3) is 15.0. The largest absolute Gasteiger partial charge is 0.462 e. The zero-order valence-electron chi connectivity index (χ0n) is 46.7. The lowest BCUT2D eigenvalue weighted by molar-refractivity contribution is -0.281. The van der Waals surface area contributed by atoms with Gasteiger partial charge in [-0.25, -0.2) is 4.79 Å². The van der Waals surface area contributed by atoms with E-state index in [0.717, 1.165) is 12.8 Å². The van der Waals surface area contributed by atoms with Crippen molar-refractivity contribution in [1.29, 1.82) is 0 Å². The highest BCUT2D eigenvalue weighted by molar-refractivity contribution is 6.78. The number of hydrogen-bond acceptors (Lipinski definition) is 10. The normalized spacial score (nSPS) is 24.1. The van der Waals surface area contributed by atoms with Crippen LogP contribution in [0, 0.1) is 0 Å². The van der Waals surface area contributed by atoms with Gasteiger partial charge in [0.15, 0.2) is 16.6 Å². The van der Waals surface area contributed by atoms with Gasteiger partial charge in [-0.1, -0.05) is 145 Å². The van der Waals surface area contributed by atoms with Crippen molar-refractivity contribution >= 4 is 71.7 Å². The van der Waals surface area contributed by atoms with E-state index in [1.54, 1.807) is 6.08 Å². The molecule has 0 aliphatic carbocycles. The first-order chi connectivity index (χ1) is 32.1. The van der Waals surface area contributed by atoms with Crippen LogP contribution in [0.15, 0.2) is 24.8 Å². The zero-order chi connectivity index (χ0) is 53.5. The molecule has 16 heteroatoms. The van der Waals surface area contributed by atoms with Crippen LogP contribution < -0.4 is 0 Å². The summed E-state index contributed by atoms with van der Waals surface area (Å²) in [5.41, 5.74) is 0.485. The number of carbonyl (C=O) groups excluding carboxylic acids is 2. The van der Waals surface area contributed by atoms with Gasteiger partial charge < -0.3 is 37.3 Å². The number of fused-ring (bicyclic) bond motifs is 1. The molecule has 2 heterocycles. The molecule has 0 aromatic heterocycles. The minimum absolute atomic E-state index is 0.00130. The number of hydrogen-bond donors (Lipinski definition) is 1. The second-order valence-electron chi connectivity index (χ2n) is 24.2. The van der Waals surface area contributed by atoms with Gasteiger partial charge in [0.05, 0.1) is 52.2 Å². The monoisotopic (exact) mass is 1090 g/mol. The highest BCUT2D eigenvalue weighted by atomic mass is 35.5. The van der Waals surface area contributed by atoms with Gasteiger partial charge in [0.25, 0.3) is 0 Å². The van der Waals surface area contributed by atoms with Crippen LogP contribution in [0.3, 0.4) is 0 Å². The van der Waals surface area contributed by atoms with Crippen molar-refractivity contribution in [1.82, 2.24) is 0 Å². The Bertz CT molecular complexity index is 1810. The maximum absolute atomic E-state index is 14.2. The number of aliphatic hydroxyl groups is 1. The van der Waals surface area contributed by atoms with E-state index in [9.17, 15) is 14.7 Å². The third-order valence-electron chi connectivity index (χ3n) is 16.4. The summed E-state index contributed by atoms with van der Waals surface area (Å²) in [6.07, 6.45) is 2.45. The van der Waals surface area contributed by atoms with Gasteiger partial charge in [-0.15, -0.1) is 6.58 Å². The molecule has 8 atom stereocenters. The van der Waals surface area contributed by atoms with Crippen molar-refractivity contribution in [2.45, 2.75) is 268 Å². The van der Waals surface area contributed by atoms with E-state index in [0.29, 0.717) is 70.6 Å². The maximum Gasteiger partial charge on any atom is 0.341 e. The molecule has 1 aromatic rings. The Kier molecular flexibility index (Phi) is 23.4. The molecule has 0 radical (unpaired) electrons. The highest BCUT2D eigenvalue weighted by Crippen LogP contribution is 2.49. The predicted molar refractivity (Wildman–Crippen MR) is 296 cm³/mol. The molecular formula is C54H95Cl3O10Si3. The first kappa shape index (κ1) is 63.5. The molecule has 0 unspecified atom stereocenters. The summed E-state index contributed by atoms with van der Waals surface area (Å²) in [7, 11) is -6.83. The van der Waals surface area contributed by atoms with Crippen LogP contribution in [0.4, 0.5) is 0 Å². The number of rotatable bonds is 26. The topological polar surface area (TPSA) is 119 Å². The fourth-order valence-corrected chi connectivity index (χ4v) is 25.3. The molecule has 0 spiro atoms. The van der Waals surface area contributed by atoms with Crippen molar-refractivity contribution in [3.63, 3.8) is 0 Å². The average Bonchev–Trinajstić information content (AvgIpc) is 3.22. The second-order valence-corrected chi connectivity index (χ2v) is 41.1. The van der Waals surface area contributed by atoms with E-state index in [1.807, 2.05) is 13.8 Å². The Labute approximate surface area is 443 Å². The molecule has 1 N–H and O–H groups in total. The predicted octanol–water partition coefficient (Wildman–Crippen LogP) is 15.8. The Balaban J connectivity index is 1.87. The lowest BCUT2D eigenvalue weighted by atomic mass is 9.81. The minimum atomic E-state index is -2.43. The molecule has 2 aliphatic rings. The Morgan fingerprint density at radius 2 is 1.37 bits per heavy atom. The Morgan fingerprint density at radius 1 is 0.843 bits per heavy atom. The maximum atomic E-state index is 14.2. The summed E-state index contributed by atoms with van der Waals surface area (Å²) in [5, 5.41) is 12.3. The summed E-state index contributed by atoms with van der Waals surface area (Å²) in [5.74, 6) is -1.15.